The van der Waals surface area contributed by atoms with E-state index in [-0.39, 0.29) is 13.2 Å². The molecule has 0 radical (unpaired) electrons. The Hall–Kier alpha value is -1.67. The monoisotopic (exact) mass is 282 g/mol. The lowest BCUT2D eigenvalue weighted by molar-refractivity contribution is 0.203. The molecule has 2 rings (SSSR count). The number of nitrogens with zero attached hydrogens (tertiary/aromatic N) is 4. The third kappa shape index (κ3) is 3.67. The standard InChI is InChI=1S/C12H22N6O2/c1-13-10-15-11(14-9(7-19)8-20)17-12(16-10)18-5-3-2-4-6-18/h9,19-20H,2-8H2,1H3,(H2,13,14,15,16,17). The van der Waals surface area contributed by atoms with Gasteiger partial charge in [0.25, 0.3) is 0 Å². The number of piperidine rings is 1. The Bertz CT molecular complexity index is 420. The van der Waals surface area contributed by atoms with Gasteiger partial charge in [-0.1, -0.05) is 0 Å². The fourth-order valence-corrected chi connectivity index (χ4v) is 2.11. The van der Waals surface area contributed by atoms with Crippen LogP contribution in [0.4, 0.5) is 17.8 Å². The van der Waals surface area contributed by atoms with Crippen molar-refractivity contribution in [3.63, 3.8) is 0 Å². The van der Waals surface area contributed by atoms with Crippen LogP contribution >= 0.6 is 0 Å². The molecule has 1 aromatic rings. The molecule has 0 amide bonds. The molecule has 1 aliphatic rings. The normalized spacial score (nSPS) is 15.5. The van der Waals surface area contributed by atoms with E-state index in [4.69, 9.17) is 10.2 Å². The summed E-state index contributed by atoms with van der Waals surface area (Å²) < 4.78 is 0. The van der Waals surface area contributed by atoms with E-state index in [1.807, 2.05) is 0 Å². The molecule has 1 saturated heterocycles. The fourth-order valence-electron chi connectivity index (χ4n) is 2.11. The molecule has 0 atom stereocenters. The summed E-state index contributed by atoms with van der Waals surface area (Å²) in [6.45, 7) is 1.51. The Morgan fingerprint density at radius 3 is 2.30 bits per heavy atom. The van der Waals surface area contributed by atoms with Crippen LogP contribution in [0.25, 0.3) is 0 Å². The Labute approximate surface area is 118 Å². The zero-order valence-corrected chi connectivity index (χ0v) is 11.7. The van der Waals surface area contributed by atoms with E-state index in [1.54, 1.807) is 7.05 Å². The molecule has 1 aromatic heterocycles. The average Bonchev–Trinajstić information content (AvgIpc) is 2.53. The first-order chi connectivity index (χ1) is 9.76. The molecule has 20 heavy (non-hydrogen) atoms. The summed E-state index contributed by atoms with van der Waals surface area (Å²) in [5.74, 6) is 1.46. The molecule has 112 valence electrons. The van der Waals surface area contributed by atoms with Crippen LogP contribution in [0.1, 0.15) is 19.3 Å². The highest BCUT2D eigenvalue weighted by Gasteiger charge is 2.17. The number of aromatic nitrogens is 3. The number of aliphatic hydroxyl groups excluding tert-OH is 2. The summed E-state index contributed by atoms with van der Waals surface area (Å²) in [6, 6.07) is -0.476. The average molecular weight is 282 g/mol. The summed E-state index contributed by atoms with van der Waals surface area (Å²) in [6.07, 6.45) is 3.52. The maximum atomic E-state index is 9.11. The van der Waals surface area contributed by atoms with Gasteiger partial charge in [-0.3, -0.25) is 0 Å². The van der Waals surface area contributed by atoms with Gasteiger partial charge in [0.15, 0.2) is 0 Å². The minimum absolute atomic E-state index is 0.184. The molecule has 0 aliphatic carbocycles. The van der Waals surface area contributed by atoms with Crippen molar-refractivity contribution >= 4 is 17.8 Å². The Balaban J connectivity index is 2.18. The molecule has 8 nitrogen and oxygen atoms in total. The van der Waals surface area contributed by atoms with Gasteiger partial charge in [-0.2, -0.15) is 15.0 Å². The van der Waals surface area contributed by atoms with Crippen LogP contribution in [0.3, 0.4) is 0 Å². The van der Waals surface area contributed by atoms with Crippen LogP contribution < -0.4 is 15.5 Å². The first kappa shape index (κ1) is 14.7. The number of aliphatic hydroxyl groups is 2. The number of rotatable bonds is 6. The first-order valence-corrected chi connectivity index (χ1v) is 6.94. The molecule has 2 heterocycles. The minimum atomic E-state index is -0.476. The third-order valence-corrected chi connectivity index (χ3v) is 3.26. The second-order valence-electron chi connectivity index (χ2n) is 4.79. The van der Waals surface area contributed by atoms with E-state index in [1.165, 1.54) is 6.42 Å². The number of anilines is 3. The van der Waals surface area contributed by atoms with Crippen molar-refractivity contribution in [2.75, 3.05) is 48.9 Å². The van der Waals surface area contributed by atoms with Crippen molar-refractivity contribution in [3.05, 3.63) is 0 Å². The molecule has 0 aromatic carbocycles. The van der Waals surface area contributed by atoms with Gasteiger partial charge in [-0.15, -0.1) is 0 Å². The van der Waals surface area contributed by atoms with E-state index >= 15 is 0 Å². The number of hydrogen-bond donors (Lipinski definition) is 4. The summed E-state index contributed by atoms with van der Waals surface area (Å²) in [5.41, 5.74) is 0. The van der Waals surface area contributed by atoms with Crippen molar-refractivity contribution < 1.29 is 10.2 Å². The topological polar surface area (TPSA) is 106 Å². The second-order valence-corrected chi connectivity index (χ2v) is 4.79. The molecule has 4 N–H and O–H groups in total. The maximum Gasteiger partial charge on any atom is 0.231 e. The van der Waals surface area contributed by atoms with Gasteiger partial charge < -0.3 is 25.7 Å². The highest BCUT2D eigenvalue weighted by atomic mass is 16.3. The van der Waals surface area contributed by atoms with E-state index in [0.29, 0.717) is 17.8 Å². The fraction of sp³-hybridized carbons (Fsp3) is 0.750. The molecule has 0 bridgehead atoms. The molecule has 0 unspecified atom stereocenters. The van der Waals surface area contributed by atoms with Crippen LogP contribution in [0, 0.1) is 0 Å². The summed E-state index contributed by atoms with van der Waals surface area (Å²) >= 11 is 0. The van der Waals surface area contributed by atoms with E-state index < -0.39 is 6.04 Å². The molecule has 0 spiro atoms. The summed E-state index contributed by atoms with van der Waals surface area (Å²) in [7, 11) is 1.74. The van der Waals surface area contributed by atoms with Crippen LogP contribution in [0.5, 0.6) is 0 Å². The largest absolute Gasteiger partial charge is 0.394 e. The van der Waals surface area contributed by atoms with Gasteiger partial charge in [-0.25, -0.2) is 0 Å². The van der Waals surface area contributed by atoms with Crippen LogP contribution in [-0.4, -0.2) is 64.6 Å². The minimum Gasteiger partial charge on any atom is -0.394 e. The zero-order chi connectivity index (χ0) is 14.4. The maximum absolute atomic E-state index is 9.11. The molecule has 1 fully saturated rings. The van der Waals surface area contributed by atoms with Crippen molar-refractivity contribution in [2.45, 2.75) is 25.3 Å². The SMILES string of the molecule is CNc1nc(NC(CO)CO)nc(N2CCCCC2)n1. The van der Waals surface area contributed by atoms with Gasteiger partial charge >= 0.3 is 0 Å². The molecule has 8 heteroatoms. The highest BCUT2D eigenvalue weighted by Crippen LogP contribution is 2.18. The predicted octanol–water partition coefficient (Wildman–Crippen LogP) is -0.331. The predicted molar refractivity (Wildman–Crippen MR) is 77.0 cm³/mol. The smallest absolute Gasteiger partial charge is 0.231 e. The Morgan fingerprint density at radius 1 is 1.05 bits per heavy atom. The van der Waals surface area contributed by atoms with Crippen molar-refractivity contribution in [3.8, 4) is 0 Å². The van der Waals surface area contributed by atoms with E-state index in [0.717, 1.165) is 25.9 Å². The van der Waals surface area contributed by atoms with Crippen LogP contribution in [0.2, 0.25) is 0 Å². The Morgan fingerprint density at radius 2 is 1.70 bits per heavy atom. The van der Waals surface area contributed by atoms with E-state index in [9.17, 15) is 0 Å². The summed E-state index contributed by atoms with van der Waals surface area (Å²) in [4.78, 5) is 15.1. The van der Waals surface area contributed by atoms with Gasteiger partial charge in [0, 0.05) is 20.1 Å². The highest BCUT2D eigenvalue weighted by molar-refractivity contribution is 5.44. The molecular weight excluding hydrogens is 260 g/mol. The molecular formula is C12H22N6O2. The van der Waals surface area contributed by atoms with Gasteiger partial charge in [0.2, 0.25) is 17.8 Å². The van der Waals surface area contributed by atoms with Gasteiger partial charge in [0.05, 0.1) is 19.3 Å². The molecule has 1 aliphatic heterocycles. The third-order valence-electron chi connectivity index (χ3n) is 3.26. The van der Waals surface area contributed by atoms with Crippen molar-refractivity contribution in [1.29, 1.82) is 0 Å². The lowest BCUT2D eigenvalue weighted by atomic mass is 10.1. The first-order valence-electron chi connectivity index (χ1n) is 6.94. The van der Waals surface area contributed by atoms with Crippen LogP contribution in [0.15, 0.2) is 0 Å². The van der Waals surface area contributed by atoms with Gasteiger partial charge in [0.1, 0.15) is 0 Å². The zero-order valence-electron chi connectivity index (χ0n) is 11.7. The lowest BCUT2D eigenvalue weighted by Crippen LogP contribution is -2.33. The van der Waals surface area contributed by atoms with Crippen molar-refractivity contribution in [1.82, 2.24) is 15.0 Å². The number of hydrogen-bond acceptors (Lipinski definition) is 8. The van der Waals surface area contributed by atoms with E-state index in [2.05, 4.69) is 30.5 Å². The van der Waals surface area contributed by atoms with Crippen LogP contribution in [-0.2, 0) is 0 Å². The quantitative estimate of drug-likeness (QED) is 0.562. The summed E-state index contributed by atoms with van der Waals surface area (Å²) in [5, 5.41) is 24.0. The van der Waals surface area contributed by atoms with Crippen molar-refractivity contribution in [2.24, 2.45) is 0 Å². The number of nitrogens with one attached hydrogen (secondary N) is 2. The Kier molecular flexibility index (Phi) is 5.31. The lowest BCUT2D eigenvalue weighted by Gasteiger charge is -2.27. The second kappa shape index (κ2) is 7.20. The van der Waals surface area contributed by atoms with Gasteiger partial charge in [-0.05, 0) is 19.3 Å². The molecule has 0 saturated carbocycles.